The van der Waals surface area contributed by atoms with Gasteiger partial charge in [0, 0.05) is 23.0 Å². The normalized spacial score (nSPS) is 12.9. The molecular weight excluding hydrogens is 539 g/mol. The fourth-order valence-corrected chi connectivity index (χ4v) is 4.58. The lowest BCUT2D eigenvalue weighted by Gasteiger charge is -2.12. The van der Waals surface area contributed by atoms with E-state index >= 15 is 0 Å². The summed E-state index contributed by atoms with van der Waals surface area (Å²) in [7, 11) is 0. The van der Waals surface area contributed by atoms with Gasteiger partial charge in [-0.25, -0.2) is 15.0 Å². The number of aromatic amines is 1. The SMILES string of the molecule is Nc1ncnc2n[nH]c(-c3ccc(C(=O)Nc4cc(C(F)(F)F)ccn4)cc3)c12.OCCn1ncc2c1CCCC2. The number of amides is 1. The third kappa shape index (κ3) is 6.17. The Balaban J connectivity index is 0.000000234. The Morgan fingerprint density at radius 2 is 1.88 bits per heavy atom. The van der Waals surface area contributed by atoms with Crippen LogP contribution >= 0.6 is 0 Å². The third-order valence-electron chi connectivity index (χ3n) is 6.60. The zero-order valence-corrected chi connectivity index (χ0v) is 21.7. The molecule has 4 aromatic heterocycles. The number of hydrogen-bond acceptors (Lipinski definition) is 8. The molecule has 1 aliphatic rings. The Morgan fingerprint density at radius 3 is 2.63 bits per heavy atom. The summed E-state index contributed by atoms with van der Waals surface area (Å²) < 4.78 is 40.3. The van der Waals surface area contributed by atoms with Crippen molar-refractivity contribution < 1.29 is 23.1 Å². The quantitative estimate of drug-likeness (QED) is 0.249. The molecule has 11 nitrogen and oxygen atoms in total. The van der Waals surface area contributed by atoms with Gasteiger partial charge in [0.25, 0.3) is 5.91 Å². The van der Waals surface area contributed by atoms with E-state index in [1.807, 2.05) is 10.9 Å². The van der Waals surface area contributed by atoms with Crippen LogP contribution in [-0.2, 0) is 25.6 Å². The number of aliphatic hydroxyl groups is 1. The van der Waals surface area contributed by atoms with E-state index in [2.05, 4.69) is 35.6 Å². The number of fused-ring (bicyclic) bond motifs is 2. The Kier molecular flexibility index (Phi) is 7.92. The van der Waals surface area contributed by atoms with Gasteiger partial charge in [-0.05, 0) is 55.5 Å². The van der Waals surface area contributed by atoms with Crippen molar-refractivity contribution in [1.29, 1.82) is 0 Å². The molecule has 14 heteroatoms. The Morgan fingerprint density at radius 1 is 1.10 bits per heavy atom. The van der Waals surface area contributed by atoms with Gasteiger partial charge in [0.15, 0.2) is 5.65 Å². The van der Waals surface area contributed by atoms with E-state index in [1.165, 1.54) is 49.0 Å². The first-order valence-corrected chi connectivity index (χ1v) is 12.8. The van der Waals surface area contributed by atoms with Crippen molar-refractivity contribution in [2.45, 2.75) is 38.4 Å². The van der Waals surface area contributed by atoms with Gasteiger partial charge < -0.3 is 16.2 Å². The number of nitrogen functional groups attached to an aromatic ring is 1. The maximum absolute atomic E-state index is 12.8. The number of pyridine rings is 1. The molecule has 1 amide bonds. The maximum Gasteiger partial charge on any atom is 0.416 e. The Labute approximate surface area is 231 Å². The molecule has 0 radical (unpaired) electrons. The predicted octanol–water partition coefficient (Wildman–Crippen LogP) is 4.02. The van der Waals surface area contributed by atoms with Crippen molar-refractivity contribution >= 4 is 28.6 Å². The molecular formula is C27H26F3N9O2. The van der Waals surface area contributed by atoms with E-state index in [-0.39, 0.29) is 23.8 Å². The number of carbonyl (C=O) groups is 1. The molecule has 1 aliphatic carbocycles. The molecule has 6 rings (SSSR count). The van der Waals surface area contributed by atoms with Crippen LogP contribution in [0.3, 0.4) is 0 Å². The van der Waals surface area contributed by atoms with Gasteiger partial charge in [-0.3, -0.25) is 14.6 Å². The second kappa shape index (κ2) is 11.7. The fraction of sp³-hybridized carbons (Fsp3) is 0.259. The second-order valence-electron chi connectivity index (χ2n) is 9.29. The van der Waals surface area contributed by atoms with E-state index in [0.717, 1.165) is 24.8 Å². The van der Waals surface area contributed by atoms with Crippen molar-refractivity contribution in [2.75, 3.05) is 17.7 Å². The summed E-state index contributed by atoms with van der Waals surface area (Å²) in [6.07, 6.45) is 4.57. The summed E-state index contributed by atoms with van der Waals surface area (Å²) in [6.45, 7) is 0.837. The summed E-state index contributed by atoms with van der Waals surface area (Å²) in [5.41, 5.74) is 9.63. The van der Waals surface area contributed by atoms with Crippen LogP contribution in [0, 0.1) is 0 Å². The predicted molar refractivity (Wildman–Crippen MR) is 145 cm³/mol. The van der Waals surface area contributed by atoms with Crippen LogP contribution in [0.5, 0.6) is 0 Å². The van der Waals surface area contributed by atoms with E-state index < -0.39 is 17.6 Å². The van der Waals surface area contributed by atoms with E-state index in [4.69, 9.17) is 10.8 Å². The highest BCUT2D eigenvalue weighted by Crippen LogP contribution is 2.31. The van der Waals surface area contributed by atoms with Crippen LogP contribution in [0.15, 0.2) is 55.1 Å². The molecule has 0 unspecified atom stereocenters. The van der Waals surface area contributed by atoms with E-state index in [0.29, 0.717) is 28.8 Å². The molecule has 0 bridgehead atoms. The van der Waals surface area contributed by atoms with Crippen LogP contribution in [-0.4, -0.2) is 52.6 Å². The summed E-state index contributed by atoms with van der Waals surface area (Å²) in [5.74, 6) is -0.532. The number of carbonyl (C=O) groups excluding carboxylic acids is 1. The number of anilines is 2. The number of benzene rings is 1. The number of H-pyrrole nitrogens is 1. The topological polar surface area (TPSA) is 161 Å². The Hall–Kier alpha value is -4.85. The lowest BCUT2D eigenvalue weighted by Crippen LogP contribution is -2.14. The molecule has 0 aliphatic heterocycles. The average molecular weight is 566 g/mol. The molecule has 41 heavy (non-hydrogen) atoms. The number of nitrogens with one attached hydrogen (secondary N) is 2. The lowest BCUT2D eigenvalue weighted by molar-refractivity contribution is -0.137. The van der Waals surface area contributed by atoms with Crippen molar-refractivity contribution in [2.24, 2.45) is 0 Å². The van der Waals surface area contributed by atoms with Crippen molar-refractivity contribution in [1.82, 2.24) is 34.9 Å². The number of halogens is 3. The van der Waals surface area contributed by atoms with Crippen LogP contribution < -0.4 is 11.1 Å². The van der Waals surface area contributed by atoms with Crippen LogP contribution in [0.1, 0.15) is 40.0 Å². The van der Waals surface area contributed by atoms with Gasteiger partial charge in [-0.15, -0.1) is 0 Å². The second-order valence-corrected chi connectivity index (χ2v) is 9.29. The van der Waals surface area contributed by atoms with Gasteiger partial charge >= 0.3 is 6.18 Å². The molecule has 5 aromatic rings. The first-order chi connectivity index (χ1) is 19.7. The van der Waals surface area contributed by atoms with Crippen molar-refractivity contribution in [3.63, 3.8) is 0 Å². The average Bonchev–Trinajstić information content (AvgIpc) is 3.59. The number of hydrogen-bond donors (Lipinski definition) is 4. The lowest BCUT2D eigenvalue weighted by atomic mass is 9.98. The molecule has 0 atom stereocenters. The summed E-state index contributed by atoms with van der Waals surface area (Å²) >= 11 is 0. The summed E-state index contributed by atoms with van der Waals surface area (Å²) in [4.78, 5) is 24.1. The van der Waals surface area contributed by atoms with E-state index in [9.17, 15) is 18.0 Å². The minimum Gasteiger partial charge on any atom is -0.394 e. The number of aryl methyl sites for hydroxylation is 1. The molecule has 0 saturated carbocycles. The molecule has 212 valence electrons. The van der Waals surface area contributed by atoms with Crippen molar-refractivity contribution in [3.8, 4) is 11.3 Å². The van der Waals surface area contributed by atoms with Gasteiger partial charge in [0.05, 0.1) is 36.0 Å². The Bertz CT molecular complexity index is 1660. The fourth-order valence-electron chi connectivity index (χ4n) is 4.58. The largest absolute Gasteiger partial charge is 0.416 e. The number of rotatable bonds is 5. The number of alkyl halides is 3. The van der Waals surface area contributed by atoms with Crippen LogP contribution in [0.2, 0.25) is 0 Å². The highest BCUT2D eigenvalue weighted by Gasteiger charge is 2.31. The van der Waals surface area contributed by atoms with Gasteiger partial charge in [-0.2, -0.15) is 23.4 Å². The van der Waals surface area contributed by atoms with Crippen LogP contribution in [0.25, 0.3) is 22.3 Å². The number of nitrogens with zero attached hydrogens (tertiary/aromatic N) is 6. The standard InChI is InChI=1S/C18H12F3N7O.C9H14N2O/c19-18(20,21)11-5-6-23-12(7-11)26-17(29)10-3-1-9(2-4-10)14-13-15(22)24-8-25-16(13)28-27-14;12-6-5-11-9-4-2-1-3-8(9)7-10-11/h1-8H,(H,23,26,29)(H3,22,24,25,27,28);7,12H,1-6H2. The summed E-state index contributed by atoms with van der Waals surface area (Å²) in [6, 6.07) is 7.93. The third-order valence-corrected chi connectivity index (χ3v) is 6.60. The minimum atomic E-state index is -4.53. The van der Waals surface area contributed by atoms with Crippen molar-refractivity contribution in [3.05, 3.63) is 77.5 Å². The molecule has 0 fully saturated rings. The molecule has 4 heterocycles. The zero-order valence-electron chi connectivity index (χ0n) is 21.7. The molecule has 1 aromatic carbocycles. The van der Waals surface area contributed by atoms with Gasteiger partial charge in [0.2, 0.25) is 0 Å². The van der Waals surface area contributed by atoms with Crippen LogP contribution in [0.4, 0.5) is 24.8 Å². The zero-order chi connectivity index (χ0) is 29.0. The number of aromatic nitrogens is 7. The van der Waals surface area contributed by atoms with Gasteiger partial charge in [0.1, 0.15) is 18.0 Å². The van der Waals surface area contributed by atoms with Gasteiger partial charge in [-0.1, -0.05) is 12.1 Å². The number of nitrogens with two attached hydrogens (primary N) is 1. The molecule has 0 spiro atoms. The molecule has 0 saturated heterocycles. The molecule has 5 N–H and O–H groups in total. The first kappa shape index (κ1) is 27.7. The number of aliphatic hydroxyl groups excluding tert-OH is 1. The highest BCUT2D eigenvalue weighted by molar-refractivity contribution is 6.04. The first-order valence-electron chi connectivity index (χ1n) is 12.8. The van der Waals surface area contributed by atoms with E-state index in [1.54, 1.807) is 12.1 Å². The highest BCUT2D eigenvalue weighted by atomic mass is 19.4. The smallest absolute Gasteiger partial charge is 0.394 e. The monoisotopic (exact) mass is 565 g/mol. The maximum atomic E-state index is 12.8. The minimum absolute atomic E-state index is 0.189. The summed E-state index contributed by atoms with van der Waals surface area (Å²) in [5, 5.41) is 22.8.